The fourth-order valence-corrected chi connectivity index (χ4v) is 3.19. The van der Waals surface area contributed by atoms with Crippen molar-refractivity contribution in [1.29, 1.82) is 0 Å². The molecular weight excluding hydrogens is 326 g/mol. The molecule has 0 radical (unpaired) electrons. The smallest absolute Gasteiger partial charge is 0.173 e. The summed E-state index contributed by atoms with van der Waals surface area (Å²) in [4.78, 5) is 4.61. The van der Waals surface area contributed by atoms with E-state index in [0.717, 1.165) is 47.6 Å². The number of benzene rings is 2. The van der Waals surface area contributed by atoms with Crippen molar-refractivity contribution in [3.8, 4) is 0 Å². The summed E-state index contributed by atoms with van der Waals surface area (Å²) in [6, 6.07) is 16.3. The van der Waals surface area contributed by atoms with E-state index in [1.54, 1.807) is 0 Å². The van der Waals surface area contributed by atoms with Gasteiger partial charge in [-0.1, -0.05) is 35.9 Å². The Morgan fingerprint density at radius 2 is 1.74 bits per heavy atom. The Labute approximate surface area is 147 Å². The lowest BCUT2D eigenvalue weighted by Crippen LogP contribution is -2.50. The normalized spacial score (nSPS) is 14.7. The molecule has 0 amide bonds. The summed E-state index contributed by atoms with van der Waals surface area (Å²) >= 11 is 11.6. The van der Waals surface area contributed by atoms with Gasteiger partial charge in [-0.3, -0.25) is 0 Å². The van der Waals surface area contributed by atoms with Crippen LogP contribution in [0.15, 0.2) is 48.5 Å². The summed E-state index contributed by atoms with van der Waals surface area (Å²) in [5, 5.41) is 4.81. The van der Waals surface area contributed by atoms with Gasteiger partial charge in [-0.25, -0.2) is 0 Å². The number of hydrogen-bond donors (Lipinski definition) is 1. The minimum atomic E-state index is 0.717. The molecule has 0 spiro atoms. The largest absolute Gasteiger partial charge is 0.368 e. The number of nitrogens with zero attached hydrogens (tertiary/aromatic N) is 2. The molecule has 0 atom stereocenters. The molecule has 3 nitrogen and oxygen atoms in total. The summed E-state index contributed by atoms with van der Waals surface area (Å²) in [5.41, 5.74) is 3.39. The Bertz CT molecular complexity index is 682. The maximum absolute atomic E-state index is 6.07. The summed E-state index contributed by atoms with van der Waals surface area (Å²) in [7, 11) is 0. The Kier molecular flexibility index (Phi) is 5.03. The highest BCUT2D eigenvalue weighted by molar-refractivity contribution is 7.80. The van der Waals surface area contributed by atoms with Gasteiger partial charge in [0.1, 0.15) is 0 Å². The molecule has 0 unspecified atom stereocenters. The molecule has 1 saturated heterocycles. The molecule has 0 aromatic heterocycles. The maximum Gasteiger partial charge on any atom is 0.173 e. The third kappa shape index (κ3) is 3.95. The summed E-state index contributed by atoms with van der Waals surface area (Å²) in [6.07, 6.45) is 0. The Balaban J connectivity index is 1.59. The zero-order valence-corrected chi connectivity index (χ0v) is 14.7. The van der Waals surface area contributed by atoms with Crippen molar-refractivity contribution in [3.63, 3.8) is 0 Å². The predicted octanol–water partition coefficient (Wildman–Crippen LogP) is 4.17. The summed E-state index contributed by atoms with van der Waals surface area (Å²) < 4.78 is 0. The van der Waals surface area contributed by atoms with Gasteiger partial charge in [0.15, 0.2) is 5.11 Å². The second-order valence-corrected chi connectivity index (χ2v) is 6.52. The molecule has 3 rings (SSSR count). The molecule has 1 aliphatic rings. The van der Waals surface area contributed by atoms with Crippen LogP contribution in [0.1, 0.15) is 5.56 Å². The van der Waals surface area contributed by atoms with Gasteiger partial charge in [0.25, 0.3) is 0 Å². The second kappa shape index (κ2) is 7.20. The first-order chi connectivity index (χ1) is 11.1. The first kappa shape index (κ1) is 16.1. The zero-order chi connectivity index (χ0) is 16.2. The number of thiocarbonyl (C=S) groups is 1. The SMILES string of the molecule is Cc1ccc(Cl)cc1NC(=S)N1CCN(c2ccccc2)CC1. The van der Waals surface area contributed by atoms with Gasteiger partial charge in [-0.15, -0.1) is 0 Å². The molecule has 1 heterocycles. The molecule has 23 heavy (non-hydrogen) atoms. The number of para-hydroxylation sites is 1. The molecule has 1 fully saturated rings. The van der Waals surface area contributed by atoms with Crippen molar-refractivity contribution in [2.75, 3.05) is 36.4 Å². The first-order valence-corrected chi connectivity index (χ1v) is 8.54. The molecule has 2 aromatic carbocycles. The number of rotatable bonds is 2. The molecular formula is C18H20ClN3S. The highest BCUT2D eigenvalue weighted by Gasteiger charge is 2.19. The van der Waals surface area contributed by atoms with Crippen LogP contribution in [0.25, 0.3) is 0 Å². The lowest BCUT2D eigenvalue weighted by atomic mass is 10.2. The van der Waals surface area contributed by atoms with E-state index in [4.69, 9.17) is 23.8 Å². The van der Waals surface area contributed by atoms with Crippen molar-refractivity contribution in [2.24, 2.45) is 0 Å². The van der Waals surface area contributed by atoms with Crippen LogP contribution in [0.3, 0.4) is 0 Å². The standard InChI is InChI=1S/C18H20ClN3S/c1-14-7-8-15(19)13-17(14)20-18(23)22-11-9-21(10-12-22)16-5-3-2-4-6-16/h2-8,13H,9-12H2,1H3,(H,20,23). The predicted molar refractivity (Wildman–Crippen MR) is 103 cm³/mol. The van der Waals surface area contributed by atoms with Crippen LogP contribution >= 0.6 is 23.8 Å². The molecule has 5 heteroatoms. The fraction of sp³-hybridized carbons (Fsp3) is 0.278. The van der Waals surface area contributed by atoms with E-state index >= 15 is 0 Å². The summed E-state index contributed by atoms with van der Waals surface area (Å²) in [6.45, 7) is 5.83. The fourth-order valence-electron chi connectivity index (χ4n) is 2.73. The van der Waals surface area contributed by atoms with Crippen LogP contribution in [0.2, 0.25) is 5.02 Å². The van der Waals surface area contributed by atoms with Crippen molar-refractivity contribution >= 4 is 40.3 Å². The quantitative estimate of drug-likeness (QED) is 0.823. The number of nitrogens with one attached hydrogen (secondary N) is 1. The molecule has 120 valence electrons. The van der Waals surface area contributed by atoms with E-state index in [-0.39, 0.29) is 0 Å². The van der Waals surface area contributed by atoms with Gasteiger partial charge in [0.05, 0.1) is 0 Å². The molecule has 1 aliphatic heterocycles. The summed E-state index contributed by atoms with van der Waals surface area (Å²) in [5.74, 6) is 0. The Morgan fingerprint density at radius 1 is 1.04 bits per heavy atom. The lowest BCUT2D eigenvalue weighted by molar-refractivity contribution is 0.391. The van der Waals surface area contributed by atoms with E-state index in [2.05, 4.69) is 46.3 Å². The Morgan fingerprint density at radius 3 is 2.43 bits per heavy atom. The highest BCUT2D eigenvalue weighted by atomic mass is 35.5. The van der Waals surface area contributed by atoms with Crippen LogP contribution in [0, 0.1) is 6.92 Å². The van der Waals surface area contributed by atoms with Crippen molar-refractivity contribution in [3.05, 3.63) is 59.1 Å². The van der Waals surface area contributed by atoms with Crippen LogP contribution in [-0.2, 0) is 0 Å². The van der Waals surface area contributed by atoms with Gasteiger partial charge >= 0.3 is 0 Å². The Hall–Kier alpha value is -1.78. The molecule has 0 saturated carbocycles. The molecule has 0 bridgehead atoms. The molecule has 2 aromatic rings. The van der Waals surface area contributed by atoms with Gasteiger partial charge < -0.3 is 15.1 Å². The van der Waals surface area contributed by atoms with Crippen molar-refractivity contribution in [2.45, 2.75) is 6.92 Å². The van der Waals surface area contributed by atoms with Crippen LogP contribution in [0.5, 0.6) is 0 Å². The number of anilines is 2. The number of halogens is 1. The lowest BCUT2D eigenvalue weighted by Gasteiger charge is -2.37. The van der Waals surface area contributed by atoms with Crippen molar-refractivity contribution in [1.82, 2.24) is 4.90 Å². The average Bonchev–Trinajstić information content (AvgIpc) is 2.59. The van der Waals surface area contributed by atoms with Crippen LogP contribution < -0.4 is 10.2 Å². The van der Waals surface area contributed by atoms with E-state index in [0.29, 0.717) is 0 Å². The van der Waals surface area contributed by atoms with E-state index in [1.165, 1.54) is 5.69 Å². The van der Waals surface area contributed by atoms with Gasteiger partial charge in [-0.05, 0) is 49.0 Å². The molecule has 0 aliphatic carbocycles. The van der Waals surface area contributed by atoms with E-state index in [9.17, 15) is 0 Å². The van der Waals surface area contributed by atoms with Gasteiger partial charge in [0.2, 0.25) is 0 Å². The maximum atomic E-state index is 6.07. The number of aryl methyl sites for hydroxylation is 1. The van der Waals surface area contributed by atoms with Gasteiger partial charge in [-0.2, -0.15) is 0 Å². The minimum Gasteiger partial charge on any atom is -0.368 e. The van der Waals surface area contributed by atoms with E-state index < -0.39 is 0 Å². The average molecular weight is 346 g/mol. The monoisotopic (exact) mass is 345 g/mol. The third-order valence-corrected chi connectivity index (χ3v) is 4.72. The molecule has 1 N–H and O–H groups in total. The van der Waals surface area contributed by atoms with E-state index in [1.807, 2.05) is 24.3 Å². The first-order valence-electron chi connectivity index (χ1n) is 7.75. The van der Waals surface area contributed by atoms with Crippen molar-refractivity contribution < 1.29 is 0 Å². The van der Waals surface area contributed by atoms with Gasteiger partial charge in [0, 0.05) is 42.6 Å². The second-order valence-electron chi connectivity index (χ2n) is 5.70. The zero-order valence-electron chi connectivity index (χ0n) is 13.1. The third-order valence-electron chi connectivity index (χ3n) is 4.13. The number of piperazine rings is 1. The van der Waals surface area contributed by atoms with Crippen LogP contribution in [0.4, 0.5) is 11.4 Å². The number of hydrogen-bond acceptors (Lipinski definition) is 2. The van der Waals surface area contributed by atoms with Crippen LogP contribution in [-0.4, -0.2) is 36.2 Å². The minimum absolute atomic E-state index is 0.717. The topological polar surface area (TPSA) is 18.5 Å². The highest BCUT2D eigenvalue weighted by Crippen LogP contribution is 2.21.